The number of ether oxygens (including phenoxy) is 1. The largest absolute Gasteiger partial charge is 0.378 e. The molecular formula is C31H28N4O4. The third-order valence-electron chi connectivity index (χ3n) is 7.22. The number of aryl methyl sites for hydroxylation is 1. The number of anilines is 1. The molecule has 0 unspecified atom stereocenters. The van der Waals surface area contributed by atoms with Crippen LogP contribution in [-0.2, 0) is 18.2 Å². The number of fused-ring (bicyclic) bond motifs is 1. The van der Waals surface area contributed by atoms with Crippen LogP contribution in [-0.4, -0.2) is 40.0 Å². The molecule has 1 fully saturated rings. The van der Waals surface area contributed by atoms with E-state index in [4.69, 9.17) is 4.74 Å². The number of morpholine rings is 1. The zero-order valence-corrected chi connectivity index (χ0v) is 21.6. The number of hydrogen-bond acceptors (Lipinski definition) is 5. The number of pyridine rings is 1. The van der Waals surface area contributed by atoms with Crippen molar-refractivity contribution < 1.29 is 4.74 Å². The van der Waals surface area contributed by atoms with E-state index in [0.717, 1.165) is 5.56 Å². The van der Waals surface area contributed by atoms with Crippen LogP contribution < -0.4 is 21.7 Å². The number of nitrogens with zero attached hydrogens (tertiary/aromatic N) is 4. The highest BCUT2D eigenvalue weighted by Crippen LogP contribution is 2.29. The first-order valence-electron chi connectivity index (χ1n) is 13.0. The number of benzene rings is 3. The fraction of sp³-hybridized carbons (Fsp3) is 0.194. The molecular weight excluding hydrogens is 492 g/mol. The SMILES string of the molecule is Cn1c(=O)c(Cc2ccccc2)c(N2CCOCC2)c2c(=O)n(-c3ccccc3)c(=O)n(-c3ccccc3)c21. The molecule has 0 bridgehead atoms. The van der Waals surface area contributed by atoms with Crippen LogP contribution >= 0.6 is 0 Å². The van der Waals surface area contributed by atoms with Gasteiger partial charge in [-0.3, -0.25) is 14.2 Å². The smallest absolute Gasteiger partial charge is 0.341 e. The lowest BCUT2D eigenvalue weighted by molar-refractivity contribution is 0.122. The van der Waals surface area contributed by atoms with Gasteiger partial charge in [-0.25, -0.2) is 13.9 Å². The summed E-state index contributed by atoms with van der Waals surface area (Å²) in [7, 11) is 1.63. The van der Waals surface area contributed by atoms with Crippen LogP contribution in [0.4, 0.5) is 5.69 Å². The van der Waals surface area contributed by atoms with Crippen molar-refractivity contribution in [2.75, 3.05) is 31.2 Å². The molecule has 1 saturated heterocycles. The van der Waals surface area contributed by atoms with Crippen molar-refractivity contribution in [1.29, 1.82) is 0 Å². The normalized spacial score (nSPS) is 13.6. The summed E-state index contributed by atoms with van der Waals surface area (Å²) in [6, 6.07) is 27.8. The molecule has 0 N–H and O–H groups in total. The lowest BCUT2D eigenvalue weighted by atomic mass is 10.0. The standard InChI is InChI=1S/C31H28N4O4/c1-32-28-26(27(33-17-19-39-20-18-33)25(29(32)36)21-22-11-5-2-6-12-22)30(37)35(24-15-9-4-10-16-24)31(38)34(28)23-13-7-3-8-14-23/h2-16H,17-21H2,1H3. The molecule has 0 atom stereocenters. The Hall–Kier alpha value is -4.69. The fourth-order valence-corrected chi connectivity index (χ4v) is 5.38. The molecule has 0 spiro atoms. The lowest BCUT2D eigenvalue weighted by Gasteiger charge is -2.32. The predicted molar refractivity (Wildman–Crippen MR) is 153 cm³/mol. The molecule has 3 heterocycles. The van der Waals surface area contributed by atoms with Crippen molar-refractivity contribution in [2.24, 2.45) is 7.05 Å². The quantitative estimate of drug-likeness (QED) is 0.356. The van der Waals surface area contributed by atoms with E-state index in [0.29, 0.717) is 60.7 Å². The number of aromatic nitrogens is 3. The minimum atomic E-state index is -0.538. The highest BCUT2D eigenvalue weighted by Gasteiger charge is 2.28. The summed E-state index contributed by atoms with van der Waals surface area (Å²) in [6.45, 7) is 2.01. The molecule has 2 aromatic heterocycles. The third kappa shape index (κ3) is 4.28. The Labute approximate surface area is 224 Å². The van der Waals surface area contributed by atoms with Gasteiger partial charge in [-0.1, -0.05) is 66.7 Å². The first kappa shape index (κ1) is 24.6. The molecule has 6 rings (SSSR count). The summed E-state index contributed by atoms with van der Waals surface area (Å²) < 4.78 is 9.74. The maximum atomic E-state index is 14.4. The van der Waals surface area contributed by atoms with Crippen molar-refractivity contribution in [3.63, 3.8) is 0 Å². The van der Waals surface area contributed by atoms with Crippen LogP contribution in [0.5, 0.6) is 0 Å². The Bertz CT molecular complexity index is 1820. The third-order valence-corrected chi connectivity index (χ3v) is 7.22. The molecule has 1 aliphatic heterocycles. The lowest BCUT2D eigenvalue weighted by Crippen LogP contribution is -2.44. The van der Waals surface area contributed by atoms with E-state index < -0.39 is 11.2 Å². The van der Waals surface area contributed by atoms with Gasteiger partial charge in [0.25, 0.3) is 11.1 Å². The van der Waals surface area contributed by atoms with Crippen LogP contribution in [0, 0.1) is 0 Å². The van der Waals surface area contributed by atoms with Gasteiger partial charge in [-0.2, -0.15) is 0 Å². The van der Waals surface area contributed by atoms with E-state index in [-0.39, 0.29) is 11.2 Å². The molecule has 8 nitrogen and oxygen atoms in total. The monoisotopic (exact) mass is 520 g/mol. The van der Waals surface area contributed by atoms with Gasteiger partial charge >= 0.3 is 5.69 Å². The first-order chi connectivity index (χ1) is 19.1. The molecule has 5 aromatic rings. The maximum Gasteiger partial charge on any atom is 0.341 e. The minimum absolute atomic E-state index is 0.242. The average Bonchev–Trinajstić information content (AvgIpc) is 2.98. The summed E-state index contributed by atoms with van der Waals surface area (Å²) in [4.78, 5) is 44.7. The van der Waals surface area contributed by atoms with Crippen molar-refractivity contribution in [1.82, 2.24) is 13.7 Å². The fourth-order valence-electron chi connectivity index (χ4n) is 5.38. The van der Waals surface area contributed by atoms with Crippen LogP contribution in [0.2, 0.25) is 0 Å². The summed E-state index contributed by atoms with van der Waals surface area (Å²) >= 11 is 0. The van der Waals surface area contributed by atoms with Crippen LogP contribution in [0.1, 0.15) is 11.1 Å². The van der Waals surface area contributed by atoms with Gasteiger partial charge < -0.3 is 9.64 Å². The van der Waals surface area contributed by atoms with E-state index >= 15 is 0 Å². The number of para-hydroxylation sites is 2. The summed E-state index contributed by atoms with van der Waals surface area (Å²) in [5.74, 6) is 0. The Morgan fingerprint density at radius 3 is 1.82 bits per heavy atom. The number of rotatable bonds is 5. The number of hydrogen-bond donors (Lipinski definition) is 0. The van der Waals surface area contributed by atoms with Crippen molar-refractivity contribution >= 4 is 16.7 Å². The minimum Gasteiger partial charge on any atom is -0.378 e. The Morgan fingerprint density at radius 2 is 1.23 bits per heavy atom. The highest BCUT2D eigenvalue weighted by atomic mass is 16.5. The van der Waals surface area contributed by atoms with Gasteiger partial charge in [0.15, 0.2) is 0 Å². The van der Waals surface area contributed by atoms with Crippen LogP contribution in [0.25, 0.3) is 22.4 Å². The molecule has 0 saturated carbocycles. The first-order valence-corrected chi connectivity index (χ1v) is 13.0. The Morgan fingerprint density at radius 1 is 0.692 bits per heavy atom. The summed E-state index contributed by atoms with van der Waals surface area (Å²) in [6.07, 6.45) is 0.353. The average molecular weight is 521 g/mol. The van der Waals surface area contributed by atoms with E-state index in [2.05, 4.69) is 4.90 Å². The van der Waals surface area contributed by atoms with Gasteiger partial charge in [0, 0.05) is 32.1 Å². The molecule has 39 heavy (non-hydrogen) atoms. The van der Waals surface area contributed by atoms with Crippen LogP contribution in [0.15, 0.2) is 105 Å². The van der Waals surface area contributed by atoms with E-state index in [9.17, 15) is 14.4 Å². The van der Waals surface area contributed by atoms with Gasteiger partial charge in [-0.05, 0) is 29.8 Å². The highest BCUT2D eigenvalue weighted by molar-refractivity contribution is 5.92. The summed E-state index contributed by atoms with van der Waals surface area (Å²) in [5.41, 5.74) is 2.11. The van der Waals surface area contributed by atoms with Gasteiger partial charge in [0.05, 0.1) is 30.3 Å². The van der Waals surface area contributed by atoms with Gasteiger partial charge in [0.1, 0.15) is 11.0 Å². The zero-order chi connectivity index (χ0) is 26.9. The summed E-state index contributed by atoms with van der Waals surface area (Å²) in [5, 5.41) is 0.331. The Balaban J connectivity index is 1.81. The zero-order valence-electron chi connectivity index (χ0n) is 21.6. The maximum absolute atomic E-state index is 14.4. The second-order valence-corrected chi connectivity index (χ2v) is 9.58. The van der Waals surface area contributed by atoms with Gasteiger partial charge in [0.2, 0.25) is 0 Å². The molecule has 3 aromatic carbocycles. The molecule has 0 amide bonds. The second kappa shape index (κ2) is 10.2. The van der Waals surface area contributed by atoms with Crippen molar-refractivity contribution in [3.05, 3.63) is 133 Å². The van der Waals surface area contributed by atoms with E-state index in [1.807, 2.05) is 54.6 Å². The van der Waals surface area contributed by atoms with E-state index in [1.165, 1.54) is 13.7 Å². The molecule has 0 aliphatic carbocycles. The van der Waals surface area contributed by atoms with Crippen LogP contribution in [0.3, 0.4) is 0 Å². The van der Waals surface area contributed by atoms with Gasteiger partial charge in [-0.15, -0.1) is 0 Å². The van der Waals surface area contributed by atoms with Crippen molar-refractivity contribution in [2.45, 2.75) is 6.42 Å². The second-order valence-electron chi connectivity index (χ2n) is 9.58. The van der Waals surface area contributed by atoms with Crippen molar-refractivity contribution in [3.8, 4) is 11.4 Å². The van der Waals surface area contributed by atoms with E-state index in [1.54, 1.807) is 43.4 Å². The molecule has 1 aliphatic rings. The topological polar surface area (TPSA) is 78.5 Å². The predicted octanol–water partition coefficient (Wildman–Crippen LogP) is 3.27. The molecule has 0 radical (unpaired) electrons. The molecule has 8 heteroatoms. The Kier molecular flexibility index (Phi) is 6.46. The molecule has 196 valence electrons.